The summed E-state index contributed by atoms with van der Waals surface area (Å²) in [5, 5.41) is 5.06. The summed E-state index contributed by atoms with van der Waals surface area (Å²) in [6, 6.07) is 13.0. The monoisotopic (exact) mass is 316 g/mol. The van der Waals surface area contributed by atoms with Gasteiger partial charge in [0.2, 0.25) is 5.91 Å². The maximum Gasteiger partial charge on any atom is 0.258 e. The zero-order valence-corrected chi connectivity index (χ0v) is 12.6. The van der Waals surface area contributed by atoms with Gasteiger partial charge in [0, 0.05) is 5.69 Å². The van der Waals surface area contributed by atoms with E-state index in [1.165, 1.54) is 18.2 Å². The molecule has 0 unspecified atom stereocenters. The van der Waals surface area contributed by atoms with Crippen LogP contribution in [0.5, 0.6) is 5.75 Å². The Kier molecular flexibility index (Phi) is 5.68. The summed E-state index contributed by atoms with van der Waals surface area (Å²) in [4.78, 5) is 23.4. The first kappa shape index (κ1) is 16.5. The number of benzene rings is 2. The molecule has 2 amide bonds. The highest BCUT2D eigenvalue weighted by molar-refractivity contribution is 5.95. The van der Waals surface area contributed by atoms with Gasteiger partial charge in [0.25, 0.3) is 5.91 Å². The summed E-state index contributed by atoms with van der Waals surface area (Å²) < 4.78 is 18.2. The topological polar surface area (TPSA) is 67.4 Å². The van der Waals surface area contributed by atoms with Crippen LogP contribution in [0, 0.1) is 12.7 Å². The molecule has 0 radical (unpaired) electrons. The van der Waals surface area contributed by atoms with E-state index < -0.39 is 11.8 Å². The number of carbonyl (C=O) groups excluding carboxylic acids is 2. The van der Waals surface area contributed by atoms with E-state index >= 15 is 0 Å². The average molecular weight is 316 g/mol. The predicted octanol–water partition coefficient (Wildman–Crippen LogP) is 2.27. The number of hydrogen-bond acceptors (Lipinski definition) is 3. The highest BCUT2D eigenvalue weighted by atomic mass is 19.1. The third-order valence-corrected chi connectivity index (χ3v) is 3.02. The maximum atomic E-state index is 13.0. The van der Waals surface area contributed by atoms with Crippen LogP contribution in [-0.2, 0) is 9.59 Å². The van der Waals surface area contributed by atoms with Crippen LogP contribution in [0.3, 0.4) is 0 Å². The van der Waals surface area contributed by atoms with E-state index in [9.17, 15) is 14.0 Å². The van der Waals surface area contributed by atoms with Crippen LogP contribution < -0.4 is 15.4 Å². The molecule has 0 aliphatic heterocycles. The van der Waals surface area contributed by atoms with Crippen LogP contribution >= 0.6 is 0 Å². The van der Waals surface area contributed by atoms with Crippen molar-refractivity contribution in [3.8, 4) is 5.75 Å². The first-order valence-electron chi connectivity index (χ1n) is 7.05. The molecule has 2 N–H and O–H groups in total. The fraction of sp³-hybridized carbons (Fsp3) is 0.176. The van der Waals surface area contributed by atoms with E-state index in [2.05, 4.69) is 10.6 Å². The second-order valence-corrected chi connectivity index (χ2v) is 4.89. The molecule has 0 bridgehead atoms. The molecule has 2 aromatic rings. The highest BCUT2D eigenvalue weighted by Crippen LogP contribution is 2.15. The van der Waals surface area contributed by atoms with Crippen molar-refractivity contribution in [3.05, 3.63) is 59.9 Å². The molecule has 0 aliphatic rings. The van der Waals surface area contributed by atoms with Crippen LogP contribution in [0.25, 0.3) is 0 Å². The van der Waals surface area contributed by atoms with Crippen LogP contribution in [0.2, 0.25) is 0 Å². The van der Waals surface area contributed by atoms with Crippen molar-refractivity contribution in [2.45, 2.75) is 6.92 Å². The Bertz CT molecular complexity index is 689. The number of rotatable bonds is 6. The second-order valence-electron chi connectivity index (χ2n) is 4.89. The molecule has 0 fully saturated rings. The molecular weight excluding hydrogens is 299 g/mol. The Hall–Kier alpha value is -2.89. The summed E-state index contributed by atoms with van der Waals surface area (Å²) in [6.45, 7) is 1.33. The summed E-state index contributed by atoms with van der Waals surface area (Å²) in [6.07, 6.45) is 0. The number of amides is 2. The normalized spacial score (nSPS) is 10.0. The smallest absolute Gasteiger partial charge is 0.258 e. The van der Waals surface area contributed by atoms with Gasteiger partial charge in [-0.15, -0.1) is 0 Å². The highest BCUT2D eigenvalue weighted by Gasteiger charge is 2.08. The number of aryl methyl sites for hydroxylation is 1. The largest absolute Gasteiger partial charge is 0.484 e. The summed E-state index contributed by atoms with van der Waals surface area (Å²) in [7, 11) is 0. The van der Waals surface area contributed by atoms with Crippen LogP contribution in [-0.4, -0.2) is 25.0 Å². The van der Waals surface area contributed by atoms with Gasteiger partial charge in [0.05, 0.1) is 6.54 Å². The molecule has 6 heteroatoms. The lowest BCUT2D eigenvalue weighted by molar-refractivity contribution is -0.125. The number of anilines is 1. The SMILES string of the molecule is Cc1cc(F)ccc1NC(=O)CNC(=O)COc1ccccc1. The molecule has 2 aromatic carbocycles. The Labute approximate surface area is 133 Å². The Morgan fingerprint density at radius 3 is 2.52 bits per heavy atom. The lowest BCUT2D eigenvalue weighted by atomic mass is 10.2. The number of para-hydroxylation sites is 1. The average Bonchev–Trinajstić information content (AvgIpc) is 2.54. The molecule has 0 spiro atoms. The number of nitrogens with one attached hydrogen (secondary N) is 2. The van der Waals surface area contributed by atoms with E-state index in [4.69, 9.17) is 4.74 Å². The fourth-order valence-electron chi connectivity index (χ4n) is 1.86. The molecular formula is C17H17FN2O3. The van der Waals surface area contributed by atoms with Gasteiger partial charge in [-0.25, -0.2) is 4.39 Å². The van der Waals surface area contributed by atoms with Crippen molar-refractivity contribution in [2.24, 2.45) is 0 Å². The summed E-state index contributed by atoms with van der Waals surface area (Å²) in [5.74, 6) is -0.589. The fourth-order valence-corrected chi connectivity index (χ4v) is 1.86. The van der Waals surface area contributed by atoms with Gasteiger partial charge in [0.1, 0.15) is 11.6 Å². The van der Waals surface area contributed by atoms with Crippen LogP contribution in [0.15, 0.2) is 48.5 Å². The van der Waals surface area contributed by atoms with Crippen molar-refractivity contribution >= 4 is 17.5 Å². The molecule has 23 heavy (non-hydrogen) atoms. The van der Waals surface area contributed by atoms with Crippen molar-refractivity contribution in [1.82, 2.24) is 5.32 Å². The van der Waals surface area contributed by atoms with Gasteiger partial charge in [-0.3, -0.25) is 9.59 Å². The standard InChI is InChI=1S/C17H17FN2O3/c1-12-9-13(18)7-8-15(12)20-16(21)10-19-17(22)11-23-14-5-3-2-4-6-14/h2-9H,10-11H2,1H3,(H,19,22)(H,20,21). The Morgan fingerprint density at radius 1 is 1.09 bits per heavy atom. The van der Waals surface area contributed by atoms with E-state index in [0.717, 1.165) is 0 Å². The van der Waals surface area contributed by atoms with Gasteiger partial charge in [0.15, 0.2) is 6.61 Å². The van der Waals surface area contributed by atoms with Gasteiger partial charge in [-0.2, -0.15) is 0 Å². The zero-order valence-electron chi connectivity index (χ0n) is 12.6. The summed E-state index contributed by atoms with van der Waals surface area (Å²) in [5.41, 5.74) is 1.11. The van der Waals surface area contributed by atoms with Gasteiger partial charge in [-0.05, 0) is 42.8 Å². The molecule has 0 saturated carbocycles. The maximum absolute atomic E-state index is 13.0. The molecule has 2 rings (SSSR count). The van der Waals surface area contributed by atoms with E-state index in [-0.39, 0.29) is 19.0 Å². The third-order valence-electron chi connectivity index (χ3n) is 3.02. The number of halogens is 1. The predicted molar refractivity (Wildman–Crippen MR) is 84.7 cm³/mol. The van der Waals surface area contributed by atoms with E-state index in [0.29, 0.717) is 17.0 Å². The molecule has 0 saturated heterocycles. The molecule has 120 valence electrons. The number of carbonyl (C=O) groups is 2. The third kappa shape index (κ3) is 5.43. The van der Waals surface area contributed by atoms with E-state index in [1.54, 1.807) is 31.2 Å². The summed E-state index contributed by atoms with van der Waals surface area (Å²) >= 11 is 0. The van der Waals surface area contributed by atoms with Crippen molar-refractivity contribution in [2.75, 3.05) is 18.5 Å². The minimum absolute atomic E-state index is 0.174. The van der Waals surface area contributed by atoms with Crippen molar-refractivity contribution in [1.29, 1.82) is 0 Å². The minimum atomic E-state index is -0.403. The zero-order chi connectivity index (χ0) is 16.7. The Balaban J connectivity index is 1.74. The number of hydrogen-bond donors (Lipinski definition) is 2. The molecule has 0 heterocycles. The first-order valence-corrected chi connectivity index (χ1v) is 7.05. The van der Waals surface area contributed by atoms with Gasteiger partial charge < -0.3 is 15.4 Å². The molecule has 0 atom stereocenters. The second kappa shape index (κ2) is 7.93. The Morgan fingerprint density at radius 2 is 1.83 bits per heavy atom. The molecule has 0 aromatic heterocycles. The first-order chi connectivity index (χ1) is 11.0. The molecule has 5 nitrogen and oxygen atoms in total. The van der Waals surface area contributed by atoms with Crippen LogP contribution in [0.1, 0.15) is 5.56 Å². The lowest BCUT2D eigenvalue weighted by Crippen LogP contribution is -2.35. The van der Waals surface area contributed by atoms with Crippen LogP contribution in [0.4, 0.5) is 10.1 Å². The minimum Gasteiger partial charge on any atom is -0.484 e. The number of ether oxygens (including phenoxy) is 1. The lowest BCUT2D eigenvalue weighted by Gasteiger charge is -2.10. The van der Waals surface area contributed by atoms with Gasteiger partial charge >= 0.3 is 0 Å². The van der Waals surface area contributed by atoms with E-state index in [1.807, 2.05) is 6.07 Å². The van der Waals surface area contributed by atoms with Crippen molar-refractivity contribution in [3.63, 3.8) is 0 Å². The van der Waals surface area contributed by atoms with Gasteiger partial charge in [-0.1, -0.05) is 18.2 Å². The quantitative estimate of drug-likeness (QED) is 0.859. The van der Waals surface area contributed by atoms with Crippen molar-refractivity contribution < 1.29 is 18.7 Å². The molecule has 0 aliphatic carbocycles.